The third-order valence-electron chi connectivity index (χ3n) is 7.40. The van der Waals surface area contributed by atoms with Crippen molar-refractivity contribution in [3.8, 4) is 0 Å². The Balaban J connectivity index is 1.37. The van der Waals surface area contributed by atoms with E-state index >= 15 is 0 Å². The van der Waals surface area contributed by atoms with Gasteiger partial charge in [-0.1, -0.05) is 32.0 Å². The van der Waals surface area contributed by atoms with Crippen LogP contribution in [0, 0.1) is 5.92 Å². The standard InChI is InChI=1S/C27H36N4O6S2/c1-3-30(4-2)38(34,35)24-12-14-25(15-13-24)39(36,37)31-17-8-11-22(19-31)26(32)28-23-16-18-29(20-23)27(33)21-9-6-5-7-10-21/h5-7,9-10,12-15,22-23H,3-4,8,11,16-20H2,1-2H3,(H,28,32). The molecule has 4 rings (SSSR count). The first-order valence-corrected chi connectivity index (χ1v) is 16.2. The summed E-state index contributed by atoms with van der Waals surface area (Å²) in [5.74, 6) is -0.789. The molecule has 0 aromatic heterocycles. The molecule has 2 aliphatic heterocycles. The fraction of sp³-hybridized carbons (Fsp3) is 0.481. The normalized spacial score (nSPS) is 20.7. The van der Waals surface area contributed by atoms with Crippen LogP contribution in [0.4, 0.5) is 0 Å². The van der Waals surface area contributed by atoms with Crippen molar-refractivity contribution in [2.45, 2.75) is 48.9 Å². The van der Waals surface area contributed by atoms with Crippen molar-refractivity contribution < 1.29 is 26.4 Å². The molecule has 212 valence electrons. The van der Waals surface area contributed by atoms with Crippen LogP contribution in [-0.2, 0) is 24.8 Å². The van der Waals surface area contributed by atoms with Gasteiger partial charge in [-0.25, -0.2) is 16.8 Å². The van der Waals surface area contributed by atoms with E-state index in [0.717, 1.165) is 0 Å². The number of rotatable bonds is 9. The third-order valence-corrected chi connectivity index (χ3v) is 11.3. The minimum Gasteiger partial charge on any atom is -0.351 e. The molecule has 2 aromatic rings. The lowest BCUT2D eigenvalue weighted by Gasteiger charge is -2.32. The highest BCUT2D eigenvalue weighted by Crippen LogP contribution is 2.26. The van der Waals surface area contributed by atoms with Crippen molar-refractivity contribution in [3.05, 3.63) is 60.2 Å². The summed E-state index contributed by atoms with van der Waals surface area (Å²) in [5, 5.41) is 3.02. The predicted octanol–water partition coefficient (Wildman–Crippen LogP) is 2.15. The first-order valence-electron chi connectivity index (χ1n) is 13.3. The molecular weight excluding hydrogens is 540 g/mol. The maximum atomic E-state index is 13.4. The maximum Gasteiger partial charge on any atom is 0.253 e. The van der Waals surface area contributed by atoms with E-state index in [0.29, 0.717) is 51.0 Å². The average molecular weight is 577 g/mol. The van der Waals surface area contributed by atoms with E-state index in [-0.39, 0.29) is 40.7 Å². The number of likely N-dealkylation sites (tertiary alicyclic amines) is 1. The summed E-state index contributed by atoms with van der Waals surface area (Å²) in [6.45, 7) is 5.42. The fourth-order valence-corrected chi connectivity index (χ4v) is 8.15. The first kappa shape index (κ1) is 29.2. The number of carbonyl (C=O) groups is 2. The zero-order valence-electron chi connectivity index (χ0n) is 22.3. The zero-order valence-corrected chi connectivity index (χ0v) is 24.0. The highest BCUT2D eigenvalue weighted by atomic mass is 32.2. The quantitative estimate of drug-likeness (QED) is 0.488. The fourth-order valence-electron chi connectivity index (χ4n) is 5.16. The van der Waals surface area contributed by atoms with Gasteiger partial charge < -0.3 is 10.2 Å². The number of hydrogen-bond donors (Lipinski definition) is 1. The number of sulfonamides is 2. The topological polar surface area (TPSA) is 124 Å². The Bertz CT molecular complexity index is 1380. The van der Waals surface area contributed by atoms with Crippen LogP contribution in [0.5, 0.6) is 0 Å². The van der Waals surface area contributed by atoms with Crippen molar-refractivity contribution >= 4 is 31.9 Å². The van der Waals surface area contributed by atoms with Crippen molar-refractivity contribution in [3.63, 3.8) is 0 Å². The van der Waals surface area contributed by atoms with Gasteiger partial charge in [0.1, 0.15) is 0 Å². The molecule has 0 saturated carbocycles. The van der Waals surface area contributed by atoms with E-state index in [9.17, 15) is 26.4 Å². The largest absolute Gasteiger partial charge is 0.351 e. The Morgan fingerprint density at radius 1 is 0.872 bits per heavy atom. The van der Waals surface area contributed by atoms with Crippen LogP contribution >= 0.6 is 0 Å². The highest BCUT2D eigenvalue weighted by Gasteiger charge is 2.35. The van der Waals surface area contributed by atoms with Gasteiger partial charge in [0, 0.05) is 50.9 Å². The van der Waals surface area contributed by atoms with Crippen LogP contribution in [0.2, 0.25) is 0 Å². The Kier molecular flexibility index (Phi) is 9.10. The molecule has 2 saturated heterocycles. The lowest BCUT2D eigenvalue weighted by molar-refractivity contribution is -0.126. The lowest BCUT2D eigenvalue weighted by atomic mass is 9.98. The highest BCUT2D eigenvalue weighted by molar-refractivity contribution is 7.89. The van der Waals surface area contributed by atoms with Crippen LogP contribution in [0.3, 0.4) is 0 Å². The van der Waals surface area contributed by atoms with Gasteiger partial charge in [0.05, 0.1) is 15.7 Å². The molecule has 2 fully saturated rings. The Hall–Kier alpha value is -2.80. The second kappa shape index (κ2) is 12.2. The zero-order chi connectivity index (χ0) is 28.2. The molecule has 39 heavy (non-hydrogen) atoms. The molecule has 12 heteroatoms. The van der Waals surface area contributed by atoms with Gasteiger partial charge in [0.25, 0.3) is 5.91 Å². The monoisotopic (exact) mass is 576 g/mol. The Morgan fingerprint density at radius 2 is 1.51 bits per heavy atom. The number of nitrogens with one attached hydrogen (secondary N) is 1. The van der Waals surface area contributed by atoms with E-state index in [1.807, 2.05) is 18.2 Å². The minimum absolute atomic E-state index is 0.00656. The molecule has 0 bridgehead atoms. The van der Waals surface area contributed by atoms with E-state index in [1.165, 1.54) is 32.9 Å². The molecule has 2 aliphatic rings. The second-order valence-electron chi connectivity index (χ2n) is 9.87. The molecular formula is C27H36N4O6S2. The molecule has 2 atom stereocenters. The minimum atomic E-state index is -3.91. The lowest BCUT2D eigenvalue weighted by Crippen LogP contribution is -2.48. The maximum absolute atomic E-state index is 13.4. The summed E-state index contributed by atoms with van der Waals surface area (Å²) in [7, 11) is -7.61. The first-order chi connectivity index (χ1) is 18.6. The van der Waals surface area contributed by atoms with Gasteiger partial charge >= 0.3 is 0 Å². The Labute approximate surface area is 231 Å². The number of benzene rings is 2. The summed E-state index contributed by atoms with van der Waals surface area (Å²) >= 11 is 0. The van der Waals surface area contributed by atoms with Gasteiger partial charge in [0.2, 0.25) is 26.0 Å². The summed E-state index contributed by atoms with van der Waals surface area (Å²) in [5.41, 5.74) is 0.608. The summed E-state index contributed by atoms with van der Waals surface area (Å²) in [6.07, 6.45) is 1.75. The van der Waals surface area contributed by atoms with Gasteiger partial charge in [-0.15, -0.1) is 0 Å². The summed E-state index contributed by atoms with van der Waals surface area (Å²) in [6, 6.07) is 14.1. The molecule has 0 aliphatic carbocycles. The van der Waals surface area contributed by atoms with E-state index in [4.69, 9.17) is 0 Å². The van der Waals surface area contributed by atoms with E-state index in [2.05, 4.69) is 5.32 Å². The number of carbonyl (C=O) groups excluding carboxylic acids is 2. The van der Waals surface area contributed by atoms with Gasteiger partial charge in [-0.3, -0.25) is 9.59 Å². The smallest absolute Gasteiger partial charge is 0.253 e. The van der Waals surface area contributed by atoms with Crippen LogP contribution in [0.25, 0.3) is 0 Å². The number of piperidine rings is 1. The number of nitrogens with zero attached hydrogens (tertiary/aromatic N) is 3. The van der Waals surface area contributed by atoms with Crippen molar-refractivity contribution in [1.82, 2.24) is 18.8 Å². The molecule has 2 unspecified atom stereocenters. The van der Waals surface area contributed by atoms with Crippen LogP contribution in [0.15, 0.2) is 64.4 Å². The van der Waals surface area contributed by atoms with Gasteiger partial charge in [-0.2, -0.15) is 8.61 Å². The molecule has 1 N–H and O–H groups in total. The molecule has 0 radical (unpaired) electrons. The SMILES string of the molecule is CCN(CC)S(=O)(=O)c1ccc(S(=O)(=O)N2CCCC(C(=O)NC3CCN(C(=O)c4ccccc4)C3)C2)cc1. The molecule has 2 amide bonds. The molecule has 0 spiro atoms. The van der Waals surface area contributed by atoms with E-state index in [1.54, 1.807) is 30.9 Å². The van der Waals surface area contributed by atoms with Crippen LogP contribution in [0.1, 0.15) is 43.5 Å². The summed E-state index contributed by atoms with van der Waals surface area (Å²) < 4.78 is 54.8. The van der Waals surface area contributed by atoms with Crippen molar-refractivity contribution in [2.75, 3.05) is 39.3 Å². The van der Waals surface area contributed by atoms with Crippen molar-refractivity contribution in [1.29, 1.82) is 0 Å². The molecule has 2 aromatic carbocycles. The number of amides is 2. The molecule has 2 heterocycles. The average Bonchev–Trinajstić information content (AvgIpc) is 3.42. The second-order valence-corrected chi connectivity index (χ2v) is 13.8. The van der Waals surface area contributed by atoms with Crippen LogP contribution < -0.4 is 5.32 Å². The number of hydrogen-bond acceptors (Lipinski definition) is 6. The molecule has 10 nitrogen and oxygen atoms in total. The van der Waals surface area contributed by atoms with Crippen molar-refractivity contribution in [2.24, 2.45) is 5.92 Å². The van der Waals surface area contributed by atoms with Gasteiger partial charge in [-0.05, 0) is 55.7 Å². The van der Waals surface area contributed by atoms with E-state index < -0.39 is 26.0 Å². The summed E-state index contributed by atoms with van der Waals surface area (Å²) in [4.78, 5) is 27.5. The third kappa shape index (κ3) is 6.34. The predicted molar refractivity (Wildman–Crippen MR) is 147 cm³/mol. The Morgan fingerprint density at radius 3 is 2.15 bits per heavy atom. The van der Waals surface area contributed by atoms with Crippen LogP contribution in [-0.4, -0.2) is 87.5 Å². The van der Waals surface area contributed by atoms with Gasteiger partial charge in [0.15, 0.2) is 0 Å².